The van der Waals surface area contributed by atoms with Crippen LogP contribution in [0.1, 0.15) is 36.9 Å². The van der Waals surface area contributed by atoms with Gasteiger partial charge in [-0.3, -0.25) is 14.9 Å². The summed E-state index contributed by atoms with van der Waals surface area (Å²) in [6.07, 6.45) is 3.67. The molecule has 7 heteroatoms. The normalized spacial score (nSPS) is 18.9. The molecule has 0 spiro atoms. The second-order valence-electron chi connectivity index (χ2n) is 8.29. The summed E-state index contributed by atoms with van der Waals surface area (Å²) in [6.45, 7) is 2.60. The standard InChI is InChI=1S/C25H27F2N3O2/c1-2-28-23(31)14-29-24(17-8-9-17)25(32)30-15-18(20-13-19(26)10-11-21(20)27)12-22(30)16-6-4-3-5-7-16/h3-7,10-13,17,22,24,29H,2,8-9,14-15H2,1H3,(H,28,31)/t22-,24-/m0/s1. The molecule has 1 saturated carbocycles. The van der Waals surface area contributed by atoms with Gasteiger partial charge in [-0.25, -0.2) is 8.78 Å². The van der Waals surface area contributed by atoms with E-state index in [4.69, 9.17) is 0 Å². The minimum Gasteiger partial charge on any atom is -0.355 e. The number of rotatable bonds is 8. The highest BCUT2D eigenvalue weighted by atomic mass is 19.1. The van der Waals surface area contributed by atoms with Crippen LogP contribution in [0.4, 0.5) is 8.78 Å². The van der Waals surface area contributed by atoms with E-state index in [1.54, 1.807) is 4.90 Å². The molecule has 2 N–H and O–H groups in total. The number of likely N-dealkylation sites (N-methyl/N-ethyl adjacent to an activating group) is 1. The number of amides is 2. The number of carbonyl (C=O) groups excluding carboxylic acids is 2. The molecule has 0 saturated heterocycles. The molecule has 2 aromatic carbocycles. The molecule has 4 rings (SSSR count). The summed E-state index contributed by atoms with van der Waals surface area (Å²) in [7, 11) is 0. The van der Waals surface area contributed by atoms with E-state index in [0.29, 0.717) is 12.1 Å². The van der Waals surface area contributed by atoms with Gasteiger partial charge >= 0.3 is 0 Å². The summed E-state index contributed by atoms with van der Waals surface area (Å²) in [4.78, 5) is 27.3. The van der Waals surface area contributed by atoms with Crippen LogP contribution in [0.5, 0.6) is 0 Å². The molecule has 0 aromatic heterocycles. The number of halogens is 2. The quantitative estimate of drug-likeness (QED) is 0.663. The van der Waals surface area contributed by atoms with E-state index in [2.05, 4.69) is 10.6 Å². The van der Waals surface area contributed by atoms with Crippen LogP contribution < -0.4 is 10.6 Å². The van der Waals surface area contributed by atoms with Gasteiger partial charge in [0.25, 0.3) is 0 Å². The molecule has 0 bridgehead atoms. The summed E-state index contributed by atoms with van der Waals surface area (Å²) in [5, 5.41) is 5.86. The Kier molecular flexibility index (Phi) is 6.65. The SMILES string of the molecule is CCNC(=O)CN[C@H](C(=O)N1CC(c2cc(F)ccc2F)=C[C@H]1c1ccccc1)C1CC1. The molecule has 1 aliphatic heterocycles. The van der Waals surface area contributed by atoms with Gasteiger partial charge < -0.3 is 10.2 Å². The molecular weight excluding hydrogens is 412 g/mol. The fourth-order valence-corrected chi connectivity index (χ4v) is 4.20. The maximum absolute atomic E-state index is 14.5. The zero-order chi connectivity index (χ0) is 22.7. The van der Waals surface area contributed by atoms with Gasteiger partial charge in [-0.2, -0.15) is 0 Å². The van der Waals surface area contributed by atoms with Gasteiger partial charge in [0, 0.05) is 18.7 Å². The fraction of sp³-hybridized carbons (Fsp3) is 0.360. The molecule has 32 heavy (non-hydrogen) atoms. The summed E-state index contributed by atoms with van der Waals surface area (Å²) >= 11 is 0. The molecule has 0 unspecified atom stereocenters. The third kappa shape index (κ3) is 4.88. The smallest absolute Gasteiger partial charge is 0.241 e. The highest BCUT2D eigenvalue weighted by Gasteiger charge is 2.42. The van der Waals surface area contributed by atoms with E-state index < -0.39 is 23.7 Å². The first kappa shape index (κ1) is 22.1. The van der Waals surface area contributed by atoms with Crippen molar-refractivity contribution in [2.24, 2.45) is 5.92 Å². The van der Waals surface area contributed by atoms with Crippen molar-refractivity contribution in [3.63, 3.8) is 0 Å². The molecule has 1 aliphatic carbocycles. The van der Waals surface area contributed by atoms with Gasteiger partial charge in [0.05, 0.1) is 18.6 Å². The second-order valence-corrected chi connectivity index (χ2v) is 8.29. The molecule has 2 atom stereocenters. The van der Waals surface area contributed by atoms with Gasteiger partial charge in [-0.05, 0) is 55.0 Å². The minimum absolute atomic E-state index is 0.0589. The van der Waals surface area contributed by atoms with Crippen LogP contribution in [0.3, 0.4) is 0 Å². The zero-order valence-corrected chi connectivity index (χ0v) is 18.0. The van der Waals surface area contributed by atoms with E-state index in [0.717, 1.165) is 30.5 Å². The van der Waals surface area contributed by atoms with Crippen molar-refractivity contribution in [3.05, 3.63) is 77.4 Å². The van der Waals surface area contributed by atoms with Crippen LogP contribution in [0.15, 0.2) is 54.6 Å². The average Bonchev–Trinajstić information content (AvgIpc) is 3.53. The molecule has 2 aliphatic rings. The lowest BCUT2D eigenvalue weighted by molar-refractivity contribution is -0.134. The molecular formula is C25H27F2N3O2. The van der Waals surface area contributed by atoms with Crippen molar-refractivity contribution in [2.45, 2.75) is 31.8 Å². The molecule has 1 heterocycles. The van der Waals surface area contributed by atoms with Gasteiger partial charge in [-0.1, -0.05) is 36.4 Å². The fourth-order valence-electron chi connectivity index (χ4n) is 4.20. The topological polar surface area (TPSA) is 61.4 Å². The first-order valence-corrected chi connectivity index (χ1v) is 11.0. The van der Waals surface area contributed by atoms with Crippen LogP contribution in [-0.4, -0.2) is 42.4 Å². The Balaban J connectivity index is 1.61. The van der Waals surface area contributed by atoms with Gasteiger partial charge in [0.2, 0.25) is 11.8 Å². The highest BCUT2D eigenvalue weighted by Crippen LogP contribution is 2.39. The van der Waals surface area contributed by atoms with Crippen LogP contribution in [0, 0.1) is 17.6 Å². The van der Waals surface area contributed by atoms with E-state index in [1.165, 1.54) is 6.07 Å². The van der Waals surface area contributed by atoms with Crippen molar-refractivity contribution in [2.75, 3.05) is 19.6 Å². The van der Waals surface area contributed by atoms with E-state index in [9.17, 15) is 18.4 Å². The van der Waals surface area contributed by atoms with Crippen molar-refractivity contribution in [1.82, 2.24) is 15.5 Å². The summed E-state index contributed by atoms with van der Waals surface area (Å²) in [5.41, 5.74) is 1.63. The monoisotopic (exact) mass is 439 g/mol. The number of hydrogen-bond acceptors (Lipinski definition) is 3. The van der Waals surface area contributed by atoms with Crippen molar-refractivity contribution < 1.29 is 18.4 Å². The predicted octanol–water partition coefficient (Wildman–Crippen LogP) is 3.44. The Morgan fingerprint density at radius 2 is 1.88 bits per heavy atom. The second kappa shape index (κ2) is 9.61. The minimum atomic E-state index is -0.525. The Bertz CT molecular complexity index is 1020. The largest absolute Gasteiger partial charge is 0.355 e. The van der Waals surface area contributed by atoms with Crippen LogP contribution >= 0.6 is 0 Å². The molecule has 2 amide bonds. The Morgan fingerprint density at radius 3 is 2.56 bits per heavy atom. The average molecular weight is 440 g/mol. The lowest BCUT2D eigenvalue weighted by Gasteiger charge is -2.30. The summed E-state index contributed by atoms with van der Waals surface area (Å²) < 4.78 is 28.3. The Hall–Kier alpha value is -3.06. The van der Waals surface area contributed by atoms with Crippen LogP contribution in [0.2, 0.25) is 0 Å². The van der Waals surface area contributed by atoms with Gasteiger partial charge in [0.1, 0.15) is 11.6 Å². The Labute approximate surface area is 186 Å². The lowest BCUT2D eigenvalue weighted by Crippen LogP contribution is -2.50. The summed E-state index contributed by atoms with van der Waals surface area (Å²) in [6, 6.07) is 12.0. The van der Waals surface area contributed by atoms with Crippen molar-refractivity contribution in [3.8, 4) is 0 Å². The third-order valence-corrected chi connectivity index (χ3v) is 5.95. The van der Waals surface area contributed by atoms with E-state index >= 15 is 0 Å². The van der Waals surface area contributed by atoms with Crippen molar-refractivity contribution >= 4 is 17.4 Å². The highest BCUT2D eigenvalue weighted by molar-refractivity contribution is 5.88. The third-order valence-electron chi connectivity index (χ3n) is 5.95. The van der Waals surface area contributed by atoms with E-state index in [1.807, 2.05) is 43.3 Å². The number of carbonyl (C=O) groups is 2. The van der Waals surface area contributed by atoms with Gasteiger partial charge in [0.15, 0.2) is 0 Å². The van der Waals surface area contributed by atoms with E-state index in [-0.39, 0.29) is 36.4 Å². The number of benzene rings is 2. The molecule has 168 valence electrons. The Morgan fingerprint density at radius 1 is 1.12 bits per heavy atom. The number of hydrogen-bond donors (Lipinski definition) is 2. The molecule has 5 nitrogen and oxygen atoms in total. The maximum atomic E-state index is 14.5. The predicted molar refractivity (Wildman–Crippen MR) is 118 cm³/mol. The molecule has 1 fully saturated rings. The van der Waals surface area contributed by atoms with Crippen LogP contribution in [-0.2, 0) is 9.59 Å². The van der Waals surface area contributed by atoms with Crippen LogP contribution in [0.25, 0.3) is 5.57 Å². The zero-order valence-electron chi connectivity index (χ0n) is 18.0. The summed E-state index contributed by atoms with van der Waals surface area (Å²) in [5.74, 6) is -1.17. The molecule has 2 aromatic rings. The number of nitrogens with one attached hydrogen (secondary N) is 2. The first-order chi connectivity index (χ1) is 15.5. The lowest BCUT2D eigenvalue weighted by atomic mass is 10.0. The van der Waals surface area contributed by atoms with Gasteiger partial charge in [-0.15, -0.1) is 0 Å². The first-order valence-electron chi connectivity index (χ1n) is 11.0. The maximum Gasteiger partial charge on any atom is 0.241 e. The van der Waals surface area contributed by atoms with Crippen molar-refractivity contribution in [1.29, 1.82) is 0 Å². The molecule has 0 radical (unpaired) electrons. The number of nitrogens with zero attached hydrogens (tertiary/aromatic N) is 1.